The Hall–Kier alpha value is -0.630. The number of hydrogen-bond donors (Lipinski definition) is 0. The molecule has 0 heterocycles. The Morgan fingerprint density at radius 2 is 1.74 bits per heavy atom. The summed E-state index contributed by atoms with van der Waals surface area (Å²) < 4.78 is 24.8. The minimum atomic E-state index is -3.23. The average Bonchev–Trinajstić information content (AvgIpc) is 2.49. The van der Waals surface area contributed by atoms with Crippen molar-refractivity contribution in [3.63, 3.8) is 0 Å². The summed E-state index contributed by atoms with van der Waals surface area (Å²) in [5.74, 6) is 0.339. The maximum atomic E-state index is 13.2. The zero-order valence-corrected chi connectivity index (χ0v) is 16.3. The van der Waals surface area contributed by atoms with Crippen LogP contribution in [0.3, 0.4) is 0 Å². The minimum absolute atomic E-state index is 0.238. The van der Waals surface area contributed by atoms with Crippen LogP contribution in [-0.2, 0) is 13.6 Å². The van der Waals surface area contributed by atoms with Crippen LogP contribution in [0.1, 0.15) is 60.3 Å². The van der Waals surface area contributed by atoms with Gasteiger partial charge < -0.3 is 9.05 Å². The first-order valence-electron chi connectivity index (χ1n) is 8.71. The first kappa shape index (κ1) is 20.4. The summed E-state index contributed by atoms with van der Waals surface area (Å²) in [5.41, 5.74) is 0.238. The smallest absolute Gasteiger partial charge is 0.305 e. The van der Waals surface area contributed by atoms with Crippen molar-refractivity contribution in [3.05, 3.63) is 30.3 Å². The fourth-order valence-electron chi connectivity index (χ4n) is 2.66. The van der Waals surface area contributed by atoms with Crippen LogP contribution in [0, 0.1) is 11.3 Å². The maximum Gasteiger partial charge on any atom is 0.361 e. The highest BCUT2D eigenvalue weighted by molar-refractivity contribution is 7.62. The first-order chi connectivity index (χ1) is 10.8. The lowest BCUT2D eigenvalue weighted by atomic mass is 9.86. The molecule has 3 nitrogen and oxygen atoms in total. The molecule has 1 aromatic carbocycles. The second kappa shape index (κ2) is 9.61. The van der Waals surface area contributed by atoms with E-state index in [-0.39, 0.29) is 5.41 Å². The van der Waals surface area contributed by atoms with Crippen molar-refractivity contribution >= 4 is 12.9 Å². The van der Waals surface area contributed by atoms with Gasteiger partial charge in [0.1, 0.15) is 0 Å². The van der Waals surface area contributed by atoms with Crippen molar-refractivity contribution in [2.45, 2.75) is 60.3 Å². The second-order valence-electron chi connectivity index (χ2n) is 7.54. The van der Waals surface area contributed by atoms with Gasteiger partial charge in [-0.2, -0.15) is 0 Å². The van der Waals surface area contributed by atoms with E-state index in [2.05, 4.69) is 34.6 Å². The molecule has 1 aromatic rings. The van der Waals surface area contributed by atoms with Gasteiger partial charge in [0.15, 0.2) is 0 Å². The monoisotopic (exact) mass is 340 g/mol. The highest BCUT2D eigenvalue weighted by Crippen LogP contribution is 2.47. The van der Waals surface area contributed by atoms with Gasteiger partial charge in [-0.05, 0) is 36.3 Å². The van der Waals surface area contributed by atoms with Crippen LogP contribution in [0.4, 0.5) is 0 Å². The van der Waals surface area contributed by atoms with Gasteiger partial charge in [-0.25, -0.2) is 0 Å². The highest BCUT2D eigenvalue weighted by Gasteiger charge is 2.28. The molecule has 0 aliphatic rings. The van der Waals surface area contributed by atoms with E-state index in [1.54, 1.807) is 0 Å². The topological polar surface area (TPSA) is 35.5 Å². The van der Waals surface area contributed by atoms with Crippen LogP contribution in [0.5, 0.6) is 0 Å². The Kier molecular flexibility index (Phi) is 8.53. The number of hydrogen-bond acceptors (Lipinski definition) is 3. The molecular formula is C19H33O3P. The molecule has 2 unspecified atom stereocenters. The predicted molar refractivity (Wildman–Crippen MR) is 98.3 cm³/mol. The van der Waals surface area contributed by atoms with Gasteiger partial charge in [0.2, 0.25) is 0 Å². The summed E-state index contributed by atoms with van der Waals surface area (Å²) in [6, 6.07) is 9.32. The Bertz CT molecular complexity index is 479. The van der Waals surface area contributed by atoms with E-state index in [0.29, 0.717) is 24.4 Å². The number of rotatable bonds is 10. The van der Waals surface area contributed by atoms with Gasteiger partial charge in [0.25, 0.3) is 0 Å². The summed E-state index contributed by atoms with van der Waals surface area (Å²) in [6.45, 7) is 11.8. The molecule has 0 radical (unpaired) electrons. The quantitative estimate of drug-likeness (QED) is 0.399. The van der Waals surface area contributed by atoms with E-state index in [1.807, 2.05) is 30.3 Å². The SMILES string of the molecule is CCCCCOP(=O)(OCC(C)CC(C)(C)C)c1ccccc1. The second-order valence-corrected chi connectivity index (χ2v) is 9.57. The summed E-state index contributed by atoms with van der Waals surface area (Å²) in [7, 11) is -3.23. The Morgan fingerprint density at radius 1 is 1.09 bits per heavy atom. The van der Waals surface area contributed by atoms with Crippen LogP contribution >= 0.6 is 7.60 Å². The fraction of sp³-hybridized carbons (Fsp3) is 0.684. The molecule has 1 rings (SSSR count). The molecule has 0 aliphatic heterocycles. The molecule has 0 aromatic heterocycles. The summed E-state index contributed by atoms with van der Waals surface area (Å²) in [5, 5.41) is 0.652. The lowest BCUT2D eigenvalue weighted by Crippen LogP contribution is -2.18. The lowest BCUT2D eigenvalue weighted by molar-refractivity contribution is 0.167. The summed E-state index contributed by atoms with van der Waals surface area (Å²) >= 11 is 0. The largest absolute Gasteiger partial charge is 0.361 e. The summed E-state index contributed by atoms with van der Waals surface area (Å²) in [6.07, 6.45) is 4.13. The van der Waals surface area contributed by atoms with E-state index in [1.165, 1.54) is 0 Å². The molecule has 0 aliphatic carbocycles. The van der Waals surface area contributed by atoms with Crippen molar-refractivity contribution in [3.8, 4) is 0 Å². The van der Waals surface area contributed by atoms with Crippen molar-refractivity contribution in [2.75, 3.05) is 13.2 Å². The van der Waals surface area contributed by atoms with Crippen LogP contribution in [0.2, 0.25) is 0 Å². The number of benzene rings is 1. The predicted octanol–water partition coefficient (Wildman–Crippen LogP) is 5.80. The van der Waals surface area contributed by atoms with E-state index < -0.39 is 7.60 Å². The fourth-order valence-corrected chi connectivity index (χ4v) is 4.39. The Morgan fingerprint density at radius 3 is 2.30 bits per heavy atom. The zero-order valence-electron chi connectivity index (χ0n) is 15.4. The molecule has 0 saturated carbocycles. The molecule has 0 amide bonds. The number of unbranched alkanes of at least 4 members (excludes halogenated alkanes) is 2. The van der Waals surface area contributed by atoms with Gasteiger partial charge in [-0.1, -0.05) is 65.7 Å². The van der Waals surface area contributed by atoms with Crippen molar-refractivity contribution in [2.24, 2.45) is 11.3 Å². The van der Waals surface area contributed by atoms with Crippen LogP contribution < -0.4 is 5.30 Å². The van der Waals surface area contributed by atoms with Crippen LogP contribution in [0.15, 0.2) is 30.3 Å². The standard InChI is InChI=1S/C19H33O3P/c1-6-7-11-14-21-23(20,18-12-9-8-10-13-18)22-16-17(2)15-19(3,4)5/h8-10,12-13,17H,6-7,11,14-16H2,1-5H3. The molecule has 0 saturated heterocycles. The van der Waals surface area contributed by atoms with E-state index in [4.69, 9.17) is 9.05 Å². The average molecular weight is 340 g/mol. The molecule has 132 valence electrons. The van der Waals surface area contributed by atoms with Crippen molar-refractivity contribution in [1.29, 1.82) is 0 Å². The van der Waals surface area contributed by atoms with Crippen LogP contribution in [-0.4, -0.2) is 13.2 Å². The van der Waals surface area contributed by atoms with Gasteiger partial charge in [-0.15, -0.1) is 0 Å². The van der Waals surface area contributed by atoms with Crippen molar-refractivity contribution in [1.82, 2.24) is 0 Å². The molecule has 2 atom stereocenters. The van der Waals surface area contributed by atoms with Crippen LogP contribution in [0.25, 0.3) is 0 Å². The molecule has 0 N–H and O–H groups in total. The normalized spacial score (nSPS) is 16.0. The lowest BCUT2D eigenvalue weighted by Gasteiger charge is -2.25. The molecule has 0 fully saturated rings. The zero-order chi connectivity index (χ0) is 17.3. The third-order valence-electron chi connectivity index (χ3n) is 3.57. The maximum absolute atomic E-state index is 13.2. The first-order valence-corrected chi connectivity index (χ1v) is 10.3. The Labute approximate surface area is 142 Å². The molecule has 4 heteroatoms. The van der Waals surface area contributed by atoms with E-state index in [0.717, 1.165) is 25.7 Å². The third kappa shape index (κ3) is 8.15. The van der Waals surface area contributed by atoms with E-state index in [9.17, 15) is 4.57 Å². The Balaban J connectivity index is 2.70. The van der Waals surface area contributed by atoms with E-state index >= 15 is 0 Å². The van der Waals surface area contributed by atoms with Gasteiger partial charge >= 0.3 is 7.60 Å². The van der Waals surface area contributed by atoms with Gasteiger partial charge in [0.05, 0.1) is 18.5 Å². The third-order valence-corrected chi connectivity index (χ3v) is 5.51. The van der Waals surface area contributed by atoms with Crippen molar-refractivity contribution < 1.29 is 13.6 Å². The molecule has 23 heavy (non-hydrogen) atoms. The molecule has 0 spiro atoms. The molecular weight excluding hydrogens is 307 g/mol. The highest BCUT2D eigenvalue weighted by atomic mass is 31.2. The molecule has 0 bridgehead atoms. The minimum Gasteiger partial charge on any atom is -0.305 e. The summed E-state index contributed by atoms with van der Waals surface area (Å²) in [4.78, 5) is 0. The van der Waals surface area contributed by atoms with Gasteiger partial charge in [0, 0.05) is 0 Å². The van der Waals surface area contributed by atoms with Gasteiger partial charge in [-0.3, -0.25) is 4.57 Å².